The molecule has 0 N–H and O–H groups in total. The minimum atomic E-state index is 0. The van der Waals surface area contributed by atoms with E-state index in [1.54, 1.807) is 0 Å². The molecule has 0 unspecified atom stereocenters. The first kappa shape index (κ1) is 31.7. The Balaban J connectivity index is -0.00000000500. The Hall–Kier alpha value is 0.470. The van der Waals surface area contributed by atoms with Crippen molar-refractivity contribution in [2.75, 3.05) is 0 Å². The van der Waals surface area contributed by atoms with E-state index in [9.17, 15) is 0 Å². The van der Waals surface area contributed by atoms with E-state index in [1.165, 1.54) is 0 Å². The van der Waals surface area contributed by atoms with Crippen LogP contribution in [-0.2, 0) is 45.8 Å². The van der Waals surface area contributed by atoms with Crippen molar-refractivity contribution in [3.8, 4) is 0 Å². The monoisotopic (exact) mass is 219 g/mol. The van der Waals surface area contributed by atoms with Crippen LogP contribution >= 0.6 is 0 Å². The molecule has 0 aromatic heterocycles. The van der Waals surface area contributed by atoms with E-state index in [1.807, 2.05) is 0 Å². The predicted octanol–water partition coefficient (Wildman–Crippen LogP) is -0.553. The smallest absolute Gasteiger partial charge is 0.545 e. The van der Waals surface area contributed by atoms with Crippen LogP contribution in [0.25, 0.3) is 0 Å². The van der Waals surface area contributed by atoms with Gasteiger partial charge in [-0.1, -0.05) is 0 Å². The van der Waals surface area contributed by atoms with E-state index in [2.05, 4.69) is 13.6 Å². The molecule has 0 amide bonds. The molecule has 0 atom stereocenters. The van der Waals surface area contributed by atoms with Crippen molar-refractivity contribution in [3.05, 3.63) is 0 Å². The predicted molar refractivity (Wildman–Crippen MR) is 13.5 cm³/mol. The number of rotatable bonds is 0. The summed E-state index contributed by atoms with van der Waals surface area (Å²) in [6.07, 6.45) is 0. The van der Waals surface area contributed by atoms with E-state index in [0.29, 0.717) is 0 Å². The molecule has 2 nitrogen and oxygen atoms in total. The normalized spacial score (nSPS) is 1.33. The van der Waals surface area contributed by atoms with Crippen molar-refractivity contribution < 1.29 is 45.8 Å². The van der Waals surface area contributed by atoms with Gasteiger partial charge in [0.05, 0.1) is 0 Å². The summed E-state index contributed by atoms with van der Waals surface area (Å²) in [6.45, 7) is 6.50. The molecule has 0 rings (SSSR count). The van der Waals surface area contributed by atoms with Crippen LogP contribution in [0.15, 0.2) is 0 Å². The SMILES string of the molecule is [CH-]=O.[CH-]=O.[Co+2].[Ru]. The van der Waals surface area contributed by atoms with Crippen LogP contribution in [0.4, 0.5) is 0 Å². The van der Waals surface area contributed by atoms with Crippen LogP contribution in [0, 0.1) is 0 Å². The molecule has 0 spiro atoms. The Labute approximate surface area is 59.6 Å². The largest absolute Gasteiger partial charge is 2.00 e. The molecular weight excluding hydrogens is 216 g/mol. The van der Waals surface area contributed by atoms with Crippen molar-refractivity contribution in [1.82, 2.24) is 0 Å². The second-order valence-corrected chi connectivity index (χ2v) is 0. The Kier molecular flexibility index (Phi) is 2620. The van der Waals surface area contributed by atoms with Gasteiger partial charge in [-0.3, -0.25) is 13.6 Å². The number of hydrogen-bond donors (Lipinski definition) is 0. The molecule has 1 radical (unpaired) electrons. The van der Waals surface area contributed by atoms with E-state index in [-0.39, 0.29) is 36.3 Å². The van der Waals surface area contributed by atoms with Gasteiger partial charge in [0.1, 0.15) is 0 Å². The van der Waals surface area contributed by atoms with Gasteiger partial charge in [-0.25, -0.2) is 0 Å². The molecule has 0 aromatic rings. The van der Waals surface area contributed by atoms with Crippen molar-refractivity contribution in [1.29, 1.82) is 0 Å². The van der Waals surface area contributed by atoms with Gasteiger partial charge in [0.2, 0.25) is 0 Å². The van der Waals surface area contributed by atoms with Crippen LogP contribution in [0.5, 0.6) is 0 Å². The first-order valence-corrected chi connectivity index (χ1v) is 0.471. The van der Waals surface area contributed by atoms with Crippen molar-refractivity contribution >= 4 is 13.6 Å². The van der Waals surface area contributed by atoms with Gasteiger partial charge in [-0.05, 0) is 0 Å². The van der Waals surface area contributed by atoms with Gasteiger partial charge in [0, 0.05) is 19.5 Å². The maximum Gasteiger partial charge on any atom is 2.00 e. The summed E-state index contributed by atoms with van der Waals surface area (Å²) in [5, 5.41) is 0. The second kappa shape index (κ2) is 495. The molecule has 39 valence electrons. The zero-order chi connectivity index (χ0) is 4.00. The van der Waals surface area contributed by atoms with Crippen LogP contribution < -0.4 is 0 Å². The summed E-state index contributed by atoms with van der Waals surface area (Å²) in [6, 6.07) is 0. The number of hydrogen-bond acceptors (Lipinski definition) is 2. The van der Waals surface area contributed by atoms with Gasteiger partial charge < -0.3 is 9.59 Å². The van der Waals surface area contributed by atoms with E-state index in [0.717, 1.165) is 0 Å². The molecule has 0 bridgehead atoms. The van der Waals surface area contributed by atoms with Crippen LogP contribution in [0.1, 0.15) is 0 Å². The average Bonchev–Trinajstić information content (AvgIpc) is 1.50. The molecule has 0 aliphatic heterocycles. The fourth-order valence-electron chi connectivity index (χ4n) is 0. The third kappa shape index (κ3) is 244. The van der Waals surface area contributed by atoms with E-state index >= 15 is 0 Å². The number of carbonyl (C=O) groups excluding carboxylic acids is 2. The molecule has 0 saturated carbocycles. The van der Waals surface area contributed by atoms with Crippen molar-refractivity contribution in [2.24, 2.45) is 0 Å². The zero-order valence-electron chi connectivity index (χ0n) is 2.66. The molecular formula is C2H2CoO2Ru. The summed E-state index contributed by atoms with van der Waals surface area (Å²) in [4.78, 5) is 15.5. The summed E-state index contributed by atoms with van der Waals surface area (Å²) in [7, 11) is 0. The van der Waals surface area contributed by atoms with Gasteiger partial charge >= 0.3 is 16.8 Å². The minimum absolute atomic E-state index is 0. The Morgan fingerprint density at radius 3 is 0.833 bits per heavy atom. The fourth-order valence-corrected chi connectivity index (χ4v) is 0. The molecule has 6 heavy (non-hydrogen) atoms. The van der Waals surface area contributed by atoms with Gasteiger partial charge in [0.25, 0.3) is 0 Å². The second-order valence-electron chi connectivity index (χ2n) is 0. The van der Waals surface area contributed by atoms with Crippen LogP contribution in [0.2, 0.25) is 0 Å². The molecule has 0 fully saturated rings. The van der Waals surface area contributed by atoms with Gasteiger partial charge in [-0.2, -0.15) is 0 Å². The maximum atomic E-state index is 7.75. The minimum Gasteiger partial charge on any atom is -0.545 e. The average molecular weight is 218 g/mol. The third-order valence-corrected chi connectivity index (χ3v) is 0. The van der Waals surface area contributed by atoms with Crippen LogP contribution in [-0.4, -0.2) is 13.6 Å². The standard InChI is InChI=1S/2CHO.Co.Ru/c2*1-2;;/h2*1H;;/q2*-1;+2;. The third-order valence-electron chi connectivity index (χ3n) is 0. The van der Waals surface area contributed by atoms with Crippen LogP contribution in [0.3, 0.4) is 0 Å². The summed E-state index contributed by atoms with van der Waals surface area (Å²) in [5.74, 6) is 0. The maximum absolute atomic E-state index is 7.75. The van der Waals surface area contributed by atoms with Gasteiger partial charge in [-0.15, -0.1) is 0 Å². The van der Waals surface area contributed by atoms with Crippen molar-refractivity contribution in [3.63, 3.8) is 0 Å². The van der Waals surface area contributed by atoms with Gasteiger partial charge in [0.15, 0.2) is 0 Å². The molecule has 0 saturated heterocycles. The van der Waals surface area contributed by atoms with E-state index < -0.39 is 0 Å². The summed E-state index contributed by atoms with van der Waals surface area (Å²) >= 11 is 0. The Morgan fingerprint density at radius 1 is 0.833 bits per heavy atom. The fraction of sp³-hybridized carbons (Fsp3) is 0. The van der Waals surface area contributed by atoms with E-state index in [4.69, 9.17) is 9.59 Å². The first-order valence-electron chi connectivity index (χ1n) is 0.471. The molecule has 0 aromatic carbocycles. The summed E-state index contributed by atoms with van der Waals surface area (Å²) < 4.78 is 0. The molecule has 0 aliphatic carbocycles. The first-order chi connectivity index (χ1) is 2.00. The molecule has 0 heterocycles. The topological polar surface area (TPSA) is 34.1 Å². The Bertz CT molecular complexity index is 13.5. The molecule has 0 aliphatic rings. The van der Waals surface area contributed by atoms with Crippen molar-refractivity contribution in [2.45, 2.75) is 0 Å². The Morgan fingerprint density at radius 2 is 0.833 bits per heavy atom. The quantitative estimate of drug-likeness (QED) is 0.310. The molecule has 4 heteroatoms. The zero-order valence-corrected chi connectivity index (χ0v) is 5.44. The summed E-state index contributed by atoms with van der Waals surface area (Å²) in [5.41, 5.74) is 0.